The number of fused-ring (bicyclic) bond motifs is 1. The molecule has 4 nitrogen and oxygen atoms in total. The third kappa shape index (κ3) is 2.50. The molecule has 1 amide bonds. The monoisotopic (exact) mass is 289 g/mol. The number of carbonyl (C=O) groups is 1. The van der Waals surface area contributed by atoms with Gasteiger partial charge in [-0.2, -0.15) is 0 Å². The van der Waals surface area contributed by atoms with Crippen molar-refractivity contribution in [1.29, 1.82) is 0 Å². The molecule has 0 radical (unpaired) electrons. The summed E-state index contributed by atoms with van der Waals surface area (Å²) >= 11 is 5.33. The van der Waals surface area contributed by atoms with E-state index in [9.17, 15) is 4.79 Å². The Morgan fingerprint density at radius 2 is 2.05 bits per heavy atom. The molecule has 3 rings (SSSR count). The average Bonchev–Trinajstić information content (AvgIpc) is 2.76. The van der Waals surface area contributed by atoms with Gasteiger partial charge >= 0.3 is 0 Å². The van der Waals surface area contributed by atoms with Gasteiger partial charge < -0.3 is 14.5 Å². The molecule has 0 unspecified atom stereocenters. The average molecular weight is 289 g/mol. The lowest BCUT2D eigenvalue weighted by atomic mass is 9.99. The van der Waals surface area contributed by atoms with E-state index in [1.165, 1.54) is 0 Å². The normalized spacial score (nSPS) is 16.8. The van der Waals surface area contributed by atoms with Gasteiger partial charge in [0.15, 0.2) is 4.77 Å². The summed E-state index contributed by atoms with van der Waals surface area (Å²) in [5.41, 5.74) is 1.98. The number of carbonyl (C=O) groups excluding carboxylic acids is 1. The van der Waals surface area contributed by atoms with Crippen molar-refractivity contribution >= 4 is 29.2 Å². The van der Waals surface area contributed by atoms with Gasteiger partial charge in [0.05, 0.1) is 11.0 Å². The van der Waals surface area contributed by atoms with Gasteiger partial charge in [0.25, 0.3) is 0 Å². The first-order valence-corrected chi connectivity index (χ1v) is 7.51. The zero-order valence-electron chi connectivity index (χ0n) is 11.6. The molecular formula is C15H19N3OS. The van der Waals surface area contributed by atoms with E-state index in [-0.39, 0.29) is 5.91 Å². The molecule has 1 saturated heterocycles. The highest BCUT2D eigenvalue weighted by atomic mass is 32.1. The number of amides is 1. The Morgan fingerprint density at radius 1 is 1.35 bits per heavy atom. The molecule has 0 saturated carbocycles. The maximum Gasteiger partial charge on any atom is 0.242 e. The highest BCUT2D eigenvalue weighted by Gasteiger charge is 2.21. The third-order valence-corrected chi connectivity index (χ3v) is 4.43. The summed E-state index contributed by atoms with van der Waals surface area (Å²) in [6, 6.07) is 7.90. The molecule has 1 aromatic heterocycles. The number of aromatic amines is 1. The fourth-order valence-corrected chi connectivity index (χ4v) is 3.03. The Morgan fingerprint density at radius 3 is 2.80 bits per heavy atom. The van der Waals surface area contributed by atoms with E-state index in [0.29, 0.717) is 11.3 Å². The standard InChI is InChI=1S/C15H19N3OS/c1-11-6-8-17(9-7-11)14(19)10-18-13-5-3-2-4-12(13)16-15(18)20/h2-5,11H,6-10H2,1H3,(H,16,20). The molecule has 1 aliphatic rings. The smallest absolute Gasteiger partial charge is 0.242 e. The molecule has 0 spiro atoms. The van der Waals surface area contributed by atoms with Crippen molar-refractivity contribution in [3.8, 4) is 0 Å². The largest absolute Gasteiger partial charge is 0.341 e. The number of H-pyrrole nitrogens is 1. The summed E-state index contributed by atoms with van der Waals surface area (Å²) in [6.07, 6.45) is 2.20. The summed E-state index contributed by atoms with van der Waals surface area (Å²) < 4.78 is 2.51. The second-order valence-corrected chi connectivity index (χ2v) is 5.98. The van der Waals surface area contributed by atoms with Crippen LogP contribution in [-0.4, -0.2) is 33.4 Å². The van der Waals surface area contributed by atoms with Crippen LogP contribution in [0.2, 0.25) is 0 Å². The second kappa shape index (κ2) is 5.40. The van der Waals surface area contributed by atoms with Gasteiger partial charge in [-0.15, -0.1) is 0 Å². The van der Waals surface area contributed by atoms with Crippen LogP contribution in [0.5, 0.6) is 0 Å². The van der Waals surface area contributed by atoms with Crippen molar-refractivity contribution in [3.63, 3.8) is 0 Å². The van der Waals surface area contributed by atoms with Crippen LogP contribution in [-0.2, 0) is 11.3 Å². The Labute approximate surface area is 123 Å². The number of hydrogen-bond donors (Lipinski definition) is 1. The van der Waals surface area contributed by atoms with Gasteiger partial charge in [0.1, 0.15) is 6.54 Å². The lowest BCUT2D eigenvalue weighted by Gasteiger charge is -2.30. The lowest BCUT2D eigenvalue weighted by molar-refractivity contribution is -0.133. The van der Waals surface area contributed by atoms with Crippen LogP contribution in [0, 0.1) is 10.7 Å². The van der Waals surface area contributed by atoms with E-state index in [1.54, 1.807) is 0 Å². The molecule has 20 heavy (non-hydrogen) atoms. The highest BCUT2D eigenvalue weighted by molar-refractivity contribution is 7.71. The number of rotatable bonds is 2. The number of nitrogens with zero attached hydrogens (tertiary/aromatic N) is 2. The molecule has 5 heteroatoms. The van der Waals surface area contributed by atoms with Gasteiger partial charge in [-0.05, 0) is 43.1 Å². The minimum Gasteiger partial charge on any atom is -0.341 e. The molecule has 0 bridgehead atoms. The minimum atomic E-state index is 0.165. The van der Waals surface area contributed by atoms with Gasteiger partial charge in [0.2, 0.25) is 5.91 Å². The van der Waals surface area contributed by atoms with E-state index in [2.05, 4.69) is 11.9 Å². The number of likely N-dealkylation sites (tertiary alicyclic amines) is 1. The molecule has 0 atom stereocenters. The van der Waals surface area contributed by atoms with E-state index in [4.69, 9.17) is 12.2 Å². The topological polar surface area (TPSA) is 41.0 Å². The zero-order valence-corrected chi connectivity index (χ0v) is 12.4. The zero-order chi connectivity index (χ0) is 14.1. The third-order valence-electron chi connectivity index (χ3n) is 4.11. The maximum atomic E-state index is 12.4. The highest BCUT2D eigenvalue weighted by Crippen LogP contribution is 2.18. The molecule has 0 aliphatic carbocycles. The first kappa shape index (κ1) is 13.4. The molecule has 1 aliphatic heterocycles. The summed E-state index contributed by atoms with van der Waals surface area (Å²) in [6.45, 7) is 4.32. The lowest BCUT2D eigenvalue weighted by Crippen LogP contribution is -2.39. The fraction of sp³-hybridized carbons (Fsp3) is 0.467. The number of aromatic nitrogens is 2. The van der Waals surface area contributed by atoms with Gasteiger partial charge in [-0.1, -0.05) is 19.1 Å². The van der Waals surface area contributed by atoms with Crippen molar-refractivity contribution in [2.24, 2.45) is 5.92 Å². The van der Waals surface area contributed by atoms with Crippen molar-refractivity contribution in [1.82, 2.24) is 14.5 Å². The van der Waals surface area contributed by atoms with Crippen molar-refractivity contribution in [2.75, 3.05) is 13.1 Å². The number of imidazole rings is 1. The molecule has 1 N–H and O–H groups in total. The van der Waals surface area contributed by atoms with Crippen LogP contribution in [0.3, 0.4) is 0 Å². The Balaban J connectivity index is 1.81. The Hall–Kier alpha value is -1.62. The maximum absolute atomic E-state index is 12.4. The molecular weight excluding hydrogens is 270 g/mol. The van der Waals surface area contributed by atoms with Gasteiger partial charge in [-0.3, -0.25) is 4.79 Å². The van der Waals surface area contributed by atoms with E-state index in [0.717, 1.165) is 42.9 Å². The molecule has 2 heterocycles. The fourth-order valence-electron chi connectivity index (χ4n) is 2.76. The van der Waals surface area contributed by atoms with Crippen LogP contribution in [0.15, 0.2) is 24.3 Å². The summed E-state index contributed by atoms with van der Waals surface area (Å²) in [4.78, 5) is 17.5. The van der Waals surface area contributed by atoms with Crippen LogP contribution in [0.4, 0.5) is 0 Å². The number of piperidine rings is 1. The van der Waals surface area contributed by atoms with E-state index < -0.39 is 0 Å². The van der Waals surface area contributed by atoms with Gasteiger partial charge in [-0.25, -0.2) is 0 Å². The minimum absolute atomic E-state index is 0.165. The number of hydrogen-bond acceptors (Lipinski definition) is 2. The van der Waals surface area contributed by atoms with E-state index in [1.807, 2.05) is 33.7 Å². The van der Waals surface area contributed by atoms with E-state index >= 15 is 0 Å². The summed E-state index contributed by atoms with van der Waals surface area (Å²) in [5, 5.41) is 0. The van der Waals surface area contributed by atoms with Crippen molar-refractivity contribution in [2.45, 2.75) is 26.3 Å². The second-order valence-electron chi connectivity index (χ2n) is 5.60. The number of para-hydroxylation sites is 2. The summed E-state index contributed by atoms with van der Waals surface area (Å²) in [5.74, 6) is 0.895. The Kier molecular flexibility index (Phi) is 3.61. The van der Waals surface area contributed by atoms with Crippen LogP contribution in [0.1, 0.15) is 19.8 Å². The first-order valence-electron chi connectivity index (χ1n) is 7.10. The van der Waals surface area contributed by atoms with Crippen LogP contribution >= 0.6 is 12.2 Å². The van der Waals surface area contributed by atoms with Crippen molar-refractivity contribution in [3.05, 3.63) is 29.0 Å². The molecule has 2 aromatic rings. The van der Waals surface area contributed by atoms with Crippen LogP contribution < -0.4 is 0 Å². The van der Waals surface area contributed by atoms with Gasteiger partial charge in [0, 0.05) is 13.1 Å². The molecule has 1 fully saturated rings. The SMILES string of the molecule is CC1CCN(C(=O)Cn2c(=S)[nH]c3ccccc32)CC1. The molecule has 1 aromatic carbocycles. The number of benzene rings is 1. The van der Waals surface area contributed by atoms with Crippen LogP contribution in [0.25, 0.3) is 11.0 Å². The number of nitrogens with one attached hydrogen (secondary N) is 1. The quantitative estimate of drug-likeness (QED) is 0.864. The first-order chi connectivity index (χ1) is 9.65. The molecule has 106 valence electrons. The predicted molar refractivity (Wildman–Crippen MR) is 82.1 cm³/mol. The predicted octanol–water partition coefficient (Wildman–Crippen LogP) is 2.96. The Bertz CT molecular complexity index is 680. The van der Waals surface area contributed by atoms with Crippen molar-refractivity contribution < 1.29 is 4.79 Å². The summed E-state index contributed by atoms with van der Waals surface area (Å²) in [7, 11) is 0.